The topological polar surface area (TPSA) is 92.5 Å². The molecule has 6 heteroatoms. The number of nitrogens with two attached hydrogens (primary N) is 1. The van der Waals surface area contributed by atoms with Crippen molar-refractivity contribution in [2.75, 3.05) is 19.6 Å². The van der Waals surface area contributed by atoms with Crippen LogP contribution in [-0.4, -0.2) is 48.2 Å². The van der Waals surface area contributed by atoms with Gasteiger partial charge in [-0.15, -0.1) is 0 Å². The van der Waals surface area contributed by atoms with E-state index in [2.05, 4.69) is 5.32 Å². The summed E-state index contributed by atoms with van der Waals surface area (Å²) in [6, 6.07) is -0.335. The summed E-state index contributed by atoms with van der Waals surface area (Å²) in [6.45, 7) is 2.17. The van der Waals surface area contributed by atoms with Crippen LogP contribution in [0.1, 0.15) is 19.8 Å². The van der Waals surface area contributed by atoms with Crippen molar-refractivity contribution in [2.45, 2.75) is 25.8 Å². The second kappa shape index (κ2) is 5.60. The van der Waals surface area contributed by atoms with Gasteiger partial charge in [-0.2, -0.15) is 0 Å². The van der Waals surface area contributed by atoms with E-state index in [-0.39, 0.29) is 30.8 Å². The van der Waals surface area contributed by atoms with Gasteiger partial charge in [0.05, 0.1) is 19.1 Å². The smallest absolute Gasteiger partial charge is 0.231 e. The van der Waals surface area contributed by atoms with E-state index in [4.69, 9.17) is 5.73 Å². The predicted molar refractivity (Wildman–Crippen MR) is 57.5 cm³/mol. The molecule has 0 spiro atoms. The molecule has 16 heavy (non-hydrogen) atoms. The highest BCUT2D eigenvalue weighted by Crippen LogP contribution is 2.17. The number of hydrogen-bond donors (Lipinski definition) is 2. The standard InChI is InChI=1S/C10H17N3O3/c1-7(14)13-4-2-3-8(13)9(15)5-12-6-10(11)16/h8,12H,2-6H2,1H3,(H2,11,16). The first-order valence-electron chi connectivity index (χ1n) is 5.31. The first kappa shape index (κ1) is 12.6. The van der Waals surface area contributed by atoms with Crippen LogP contribution in [-0.2, 0) is 14.4 Å². The molecule has 1 aliphatic rings. The molecule has 6 nitrogen and oxygen atoms in total. The number of carbonyl (C=O) groups excluding carboxylic acids is 3. The lowest BCUT2D eigenvalue weighted by atomic mass is 10.1. The van der Waals surface area contributed by atoms with Crippen molar-refractivity contribution in [3.63, 3.8) is 0 Å². The summed E-state index contributed by atoms with van der Waals surface area (Å²) >= 11 is 0. The molecule has 0 aliphatic carbocycles. The molecule has 1 unspecified atom stereocenters. The van der Waals surface area contributed by atoms with E-state index in [1.54, 1.807) is 4.90 Å². The van der Waals surface area contributed by atoms with Crippen LogP contribution in [0.4, 0.5) is 0 Å². The summed E-state index contributed by atoms with van der Waals surface area (Å²) in [6.07, 6.45) is 1.56. The summed E-state index contributed by atoms with van der Waals surface area (Å²) < 4.78 is 0. The second-order valence-corrected chi connectivity index (χ2v) is 3.91. The van der Waals surface area contributed by atoms with Crippen LogP contribution in [0.5, 0.6) is 0 Å². The third kappa shape index (κ3) is 3.30. The number of hydrogen-bond acceptors (Lipinski definition) is 4. The van der Waals surface area contributed by atoms with Crippen molar-refractivity contribution in [2.24, 2.45) is 5.73 Å². The number of amides is 2. The van der Waals surface area contributed by atoms with Gasteiger partial charge in [0.2, 0.25) is 11.8 Å². The Morgan fingerprint density at radius 1 is 1.38 bits per heavy atom. The summed E-state index contributed by atoms with van der Waals surface area (Å²) in [7, 11) is 0. The van der Waals surface area contributed by atoms with Crippen molar-refractivity contribution in [1.29, 1.82) is 0 Å². The van der Waals surface area contributed by atoms with Crippen molar-refractivity contribution in [3.8, 4) is 0 Å². The summed E-state index contributed by atoms with van der Waals surface area (Å²) in [4.78, 5) is 35.0. The lowest BCUT2D eigenvalue weighted by Crippen LogP contribution is -2.44. The zero-order chi connectivity index (χ0) is 12.1. The number of carbonyl (C=O) groups is 3. The van der Waals surface area contributed by atoms with E-state index in [0.29, 0.717) is 13.0 Å². The van der Waals surface area contributed by atoms with Gasteiger partial charge in [0.1, 0.15) is 0 Å². The third-order valence-corrected chi connectivity index (χ3v) is 2.63. The van der Waals surface area contributed by atoms with Crippen LogP contribution in [0.2, 0.25) is 0 Å². The normalized spacial score (nSPS) is 19.8. The SMILES string of the molecule is CC(=O)N1CCCC1C(=O)CNCC(N)=O. The van der Waals surface area contributed by atoms with E-state index >= 15 is 0 Å². The van der Waals surface area contributed by atoms with Gasteiger partial charge in [0.15, 0.2) is 5.78 Å². The molecule has 1 atom stereocenters. The highest BCUT2D eigenvalue weighted by molar-refractivity contribution is 5.90. The molecule has 0 radical (unpaired) electrons. The first-order valence-corrected chi connectivity index (χ1v) is 5.31. The molecule has 1 heterocycles. The van der Waals surface area contributed by atoms with Gasteiger partial charge in [-0.1, -0.05) is 0 Å². The summed E-state index contributed by atoms with van der Waals surface area (Å²) in [5.41, 5.74) is 4.93. The fourth-order valence-electron chi connectivity index (χ4n) is 1.91. The molecule has 1 saturated heterocycles. The molecule has 0 bridgehead atoms. The van der Waals surface area contributed by atoms with Crippen molar-refractivity contribution < 1.29 is 14.4 Å². The minimum absolute atomic E-state index is 0.0153. The summed E-state index contributed by atoms with van der Waals surface area (Å²) in [5, 5.41) is 2.66. The Balaban J connectivity index is 2.41. The van der Waals surface area contributed by atoms with Gasteiger partial charge in [0, 0.05) is 13.5 Å². The van der Waals surface area contributed by atoms with E-state index in [1.165, 1.54) is 6.92 Å². The number of likely N-dealkylation sites (tertiary alicyclic amines) is 1. The molecule has 1 rings (SSSR count). The molecule has 1 aliphatic heterocycles. The number of nitrogens with one attached hydrogen (secondary N) is 1. The monoisotopic (exact) mass is 227 g/mol. The Bertz CT molecular complexity index is 304. The second-order valence-electron chi connectivity index (χ2n) is 3.91. The molecule has 1 fully saturated rings. The highest BCUT2D eigenvalue weighted by atomic mass is 16.2. The van der Waals surface area contributed by atoms with Crippen LogP contribution in [0.3, 0.4) is 0 Å². The lowest BCUT2D eigenvalue weighted by molar-refractivity contribution is -0.135. The van der Waals surface area contributed by atoms with Gasteiger partial charge in [-0.3, -0.25) is 14.4 Å². The van der Waals surface area contributed by atoms with Crippen LogP contribution in [0.15, 0.2) is 0 Å². The average Bonchev–Trinajstić information content (AvgIpc) is 2.65. The molecule has 0 aromatic heterocycles. The zero-order valence-electron chi connectivity index (χ0n) is 9.36. The van der Waals surface area contributed by atoms with Gasteiger partial charge < -0.3 is 16.0 Å². The van der Waals surface area contributed by atoms with Crippen molar-refractivity contribution in [1.82, 2.24) is 10.2 Å². The lowest BCUT2D eigenvalue weighted by Gasteiger charge is -2.21. The largest absolute Gasteiger partial charge is 0.369 e. The zero-order valence-corrected chi connectivity index (χ0v) is 9.36. The number of primary amides is 1. The Labute approximate surface area is 94.2 Å². The molecule has 3 N–H and O–H groups in total. The number of Topliss-reactive ketones (excluding diaryl/α,β-unsaturated/α-hetero) is 1. The first-order chi connectivity index (χ1) is 7.52. The number of rotatable bonds is 5. The van der Waals surface area contributed by atoms with Crippen LogP contribution in [0.25, 0.3) is 0 Å². The van der Waals surface area contributed by atoms with Crippen LogP contribution < -0.4 is 11.1 Å². The van der Waals surface area contributed by atoms with Gasteiger partial charge in [-0.05, 0) is 12.8 Å². The Morgan fingerprint density at radius 3 is 2.62 bits per heavy atom. The molecule has 0 saturated carbocycles. The minimum atomic E-state index is -0.498. The van der Waals surface area contributed by atoms with Gasteiger partial charge in [-0.25, -0.2) is 0 Å². The maximum atomic E-state index is 11.7. The molecule has 90 valence electrons. The van der Waals surface area contributed by atoms with Crippen molar-refractivity contribution in [3.05, 3.63) is 0 Å². The minimum Gasteiger partial charge on any atom is -0.369 e. The molecule has 0 aromatic rings. The molecule has 2 amide bonds. The molecular formula is C10H17N3O3. The third-order valence-electron chi connectivity index (χ3n) is 2.63. The van der Waals surface area contributed by atoms with Gasteiger partial charge in [0.25, 0.3) is 0 Å². The number of nitrogens with zero attached hydrogens (tertiary/aromatic N) is 1. The van der Waals surface area contributed by atoms with Crippen LogP contribution >= 0.6 is 0 Å². The fraction of sp³-hybridized carbons (Fsp3) is 0.700. The van der Waals surface area contributed by atoms with Gasteiger partial charge >= 0.3 is 0 Å². The fourth-order valence-corrected chi connectivity index (χ4v) is 1.91. The molecular weight excluding hydrogens is 210 g/mol. The van der Waals surface area contributed by atoms with E-state index < -0.39 is 5.91 Å². The van der Waals surface area contributed by atoms with Crippen LogP contribution in [0, 0.1) is 0 Å². The maximum Gasteiger partial charge on any atom is 0.231 e. The Morgan fingerprint density at radius 2 is 2.06 bits per heavy atom. The predicted octanol–water partition coefficient (Wildman–Crippen LogP) is -1.36. The maximum absolute atomic E-state index is 11.7. The Hall–Kier alpha value is -1.43. The van der Waals surface area contributed by atoms with E-state index in [1.807, 2.05) is 0 Å². The van der Waals surface area contributed by atoms with E-state index in [9.17, 15) is 14.4 Å². The quantitative estimate of drug-likeness (QED) is 0.607. The Kier molecular flexibility index (Phi) is 4.42. The number of ketones is 1. The molecule has 0 aromatic carbocycles. The summed E-state index contributed by atoms with van der Waals surface area (Å²) in [5.74, 6) is -0.637. The highest BCUT2D eigenvalue weighted by Gasteiger charge is 2.31. The van der Waals surface area contributed by atoms with E-state index in [0.717, 1.165) is 6.42 Å². The average molecular weight is 227 g/mol. The van der Waals surface area contributed by atoms with Crippen molar-refractivity contribution >= 4 is 17.6 Å².